The van der Waals surface area contributed by atoms with Gasteiger partial charge in [-0.2, -0.15) is 0 Å². The van der Waals surface area contributed by atoms with Crippen LogP contribution < -0.4 is 0 Å². The lowest BCUT2D eigenvalue weighted by atomic mass is 10.2. The van der Waals surface area contributed by atoms with E-state index in [-0.39, 0.29) is 5.69 Å². The lowest BCUT2D eigenvalue weighted by Crippen LogP contribution is -1.86. The smallest absolute Gasteiger partial charge is 0.258 e. The molecule has 1 heterocycles. The standard InChI is InChI=1S/C15H11N3O2S/c19-18(20)14-8-6-13(7-9-14)17-21-10-15(16-11-21)12-4-2-1-3-5-12/h1-11H. The maximum atomic E-state index is 10.6. The van der Waals surface area contributed by atoms with Crippen LogP contribution in [0, 0.1) is 10.1 Å². The fraction of sp³-hybridized carbons (Fsp3) is 0. The molecular weight excluding hydrogens is 286 g/mol. The van der Waals surface area contributed by atoms with Gasteiger partial charge < -0.3 is 0 Å². The van der Waals surface area contributed by atoms with E-state index in [1.54, 1.807) is 17.7 Å². The van der Waals surface area contributed by atoms with Gasteiger partial charge in [0.2, 0.25) is 0 Å². The van der Waals surface area contributed by atoms with E-state index in [9.17, 15) is 10.1 Å². The van der Waals surface area contributed by atoms with Gasteiger partial charge in [-0.1, -0.05) is 30.3 Å². The third kappa shape index (κ3) is 3.11. The summed E-state index contributed by atoms with van der Waals surface area (Å²) in [5.74, 6) is 0. The number of non-ortho nitro benzene ring substituents is 1. The summed E-state index contributed by atoms with van der Waals surface area (Å²) in [5.41, 5.74) is 4.54. The van der Waals surface area contributed by atoms with E-state index in [0.29, 0.717) is 5.69 Å². The lowest BCUT2D eigenvalue weighted by Gasteiger charge is -1.96. The number of benzene rings is 2. The highest BCUT2D eigenvalue weighted by atomic mass is 32.2. The molecule has 21 heavy (non-hydrogen) atoms. The number of hydrogen-bond acceptors (Lipinski definition) is 4. The molecule has 1 aliphatic rings. The van der Waals surface area contributed by atoms with Crippen LogP contribution in [-0.2, 0) is 10.7 Å². The Bertz CT molecular complexity index is 765. The van der Waals surface area contributed by atoms with E-state index in [1.165, 1.54) is 12.1 Å². The Balaban J connectivity index is 1.84. The molecule has 0 fully saturated rings. The second-order valence-corrected chi connectivity index (χ2v) is 5.64. The van der Waals surface area contributed by atoms with Crippen molar-refractivity contribution in [3.8, 4) is 0 Å². The van der Waals surface area contributed by atoms with Gasteiger partial charge in [-0.15, -0.1) is 0 Å². The zero-order valence-electron chi connectivity index (χ0n) is 10.9. The highest BCUT2D eigenvalue weighted by Crippen LogP contribution is 2.24. The Morgan fingerprint density at radius 2 is 1.76 bits per heavy atom. The second kappa shape index (κ2) is 5.80. The maximum absolute atomic E-state index is 10.6. The van der Waals surface area contributed by atoms with Gasteiger partial charge in [0, 0.05) is 23.1 Å². The first-order valence-corrected chi connectivity index (χ1v) is 7.53. The maximum Gasteiger partial charge on any atom is 0.269 e. The molecule has 0 radical (unpaired) electrons. The van der Waals surface area contributed by atoms with Crippen LogP contribution in [0.15, 0.2) is 69.4 Å². The van der Waals surface area contributed by atoms with Crippen molar-refractivity contribution in [3.63, 3.8) is 0 Å². The van der Waals surface area contributed by atoms with Crippen LogP contribution >= 0.6 is 0 Å². The van der Waals surface area contributed by atoms with E-state index < -0.39 is 15.6 Å². The van der Waals surface area contributed by atoms with Crippen molar-refractivity contribution in [2.24, 2.45) is 9.36 Å². The molecule has 5 nitrogen and oxygen atoms in total. The summed E-state index contributed by atoms with van der Waals surface area (Å²) in [6.07, 6.45) is 0. The molecule has 2 aromatic rings. The molecule has 2 aromatic carbocycles. The van der Waals surface area contributed by atoms with Crippen LogP contribution in [0.2, 0.25) is 0 Å². The molecule has 0 spiro atoms. The zero-order chi connectivity index (χ0) is 14.7. The molecule has 0 aliphatic carbocycles. The van der Waals surface area contributed by atoms with E-state index in [0.717, 1.165) is 11.3 Å². The van der Waals surface area contributed by atoms with Crippen molar-refractivity contribution in [3.05, 3.63) is 75.7 Å². The Labute approximate surface area is 123 Å². The lowest BCUT2D eigenvalue weighted by molar-refractivity contribution is -0.384. The first kappa shape index (κ1) is 13.4. The van der Waals surface area contributed by atoms with Crippen molar-refractivity contribution >= 4 is 33.3 Å². The molecule has 0 saturated carbocycles. The molecule has 0 N–H and O–H groups in total. The SMILES string of the molecule is O=[N+]([O-])c1ccc(N=S2C=NC(c3ccccc3)=C2)cc1. The molecule has 6 heteroatoms. The quantitative estimate of drug-likeness (QED) is 0.633. The van der Waals surface area contributed by atoms with Crippen LogP contribution in [0.5, 0.6) is 0 Å². The largest absolute Gasteiger partial charge is 0.269 e. The van der Waals surface area contributed by atoms with Gasteiger partial charge in [0.05, 0.1) is 21.9 Å². The van der Waals surface area contributed by atoms with Gasteiger partial charge in [-0.3, -0.25) is 10.1 Å². The molecule has 0 aromatic heterocycles. The number of aliphatic imine (C=N–C) groups is 1. The van der Waals surface area contributed by atoms with Gasteiger partial charge in [-0.05, 0) is 22.8 Å². The molecule has 0 bridgehead atoms. The fourth-order valence-corrected chi connectivity index (χ4v) is 3.02. The minimum absolute atomic E-state index is 0.0675. The number of nitrogens with zero attached hydrogens (tertiary/aromatic N) is 3. The minimum atomic E-state index is -0.425. The average Bonchev–Trinajstić information content (AvgIpc) is 2.97. The van der Waals surface area contributed by atoms with E-state index in [4.69, 9.17) is 0 Å². The van der Waals surface area contributed by atoms with Gasteiger partial charge in [-0.25, -0.2) is 9.36 Å². The summed E-state index contributed by atoms with van der Waals surface area (Å²) in [6.45, 7) is 0. The van der Waals surface area contributed by atoms with E-state index >= 15 is 0 Å². The van der Waals surface area contributed by atoms with Crippen molar-refractivity contribution < 1.29 is 4.92 Å². The van der Waals surface area contributed by atoms with Gasteiger partial charge >= 0.3 is 0 Å². The molecule has 0 saturated heterocycles. The third-order valence-electron chi connectivity index (χ3n) is 2.87. The molecule has 104 valence electrons. The minimum Gasteiger partial charge on any atom is -0.258 e. The summed E-state index contributed by atoms with van der Waals surface area (Å²) >= 11 is 0. The zero-order valence-corrected chi connectivity index (χ0v) is 11.7. The van der Waals surface area contributed by atoms with Gasteiger partial charge in [0.1, 0.15) is 0 Å². The Hall–Kier alpha value is -2.60. The fourth-order valence-electron chi connectivity index (χ4n) is 1.84. The van der Waals surface area contributed by atoms with Gasteiger partial charge in [0.15, 0.2) is 0 Å². The monoisotopic (exact) mass is 297 g/mol. The van der Waals surface area contributed by atoms with Crippen LogP contribution in [0.25, 0.3) is 5.70 Å². The number of nitro benzene ring substituents is 1. The first-order chi connectivity index (χ1) is 10.2. The summed E-state index contributed by atoms with van der Waals surface area (Å²) in [7, 11) is -0.425. The summed E-state index contributed by atoms with van der Waals surface area (Å²) in [4.78, 5) is 14.6. The Morgan fingerprint density at radius 1 is 1.05 bits per heavy atom. The number of hydrogen-bond donors (Lipinski definition) is 0. The summed E-state index contributed by atoms with van der Waals surface area (Å²) in [5, 5.41) is 12.6. The topological polar surface area (TPSA) is 67.9 Å². The third-order valence-corrected chi connectivity index (χ3v) is 4.08. The molecule has 0 amide bonds. The van der Waals surface area contributed by atoms with E-state index in [2.05, 4.69) is 9.36 Å². The predicted molar refractivity (Wildman–Crippen MR) is 85.5 cm³/mol. The molecule has 1 unspecified atom stereocenters. The molecular formula is C15H11N3O2S. The van der Waals surface area contributed by atoms with E-state index in [1.807, 2.05) is 35.7 Å². The predicted octanol–water partition coefficient (Wildman–Crippen LogP) is 4.07. The van der Waals surface area contributed by atoms with Crippen LogP contribution in [-0.4, -0.2) is 10.5 Å². The summed E-state index contributed by atoms with van der Waals surface area (Å²) < 4.78 is 4.51. The number of rotatable bonds is 3. The Kier molecular flexibility index (Phi) is 3.70. The summed E-state index contributed by atoms with van der Waals surface area (Å²) in [6, 6.07) is 16.1. The van der Waals surface area contributed by atoms with Crippen LogP contribution in [0.1, 0.15) is 5.56 Å². The van der Waals surface area contributed by atoms with Crippen LogP contribution in [0.3, 0.4) is 0 Å². The average molecular weight is 297 g/mol. The van der Waals surface area contributed by atoms with Crippen molar-refractivity contribution in [1.29, 1.82) is 0 Å². The highest BCUT2D eigenvalue weighted by Gasteiger charge is 2.07. The van der Waals surface area contributed by atoms with Crippen LogP contribution in [0.4, 0.5) is 11.4 Å². The normalized spacial score (nSPS) is 17.0. The molecule has 1 atom stereocenters. The number of nitro groups is 1. The van der Waals surface area contributed by atoms with Crippen molar-refractivity contribution in [1.82, 2.24) is 0 Å². The first-order valence-electron chi connectivity index (χ1n) is 6.22. The van der Waals surface area contributed by atoms with Crippen molar-refractivity contribution in [2.45, 2.75) is 0 Å². The molecule has 1 aliphatic heterocycles. The molecule has 3 rings (SSSR count). The second-order valence-electron chi connectivity index (χ2n) is 4.32. The Morgan fingerprint density at radius 3 is 2.43 bits per heavy atom. The highest BCUT2D eigenvalue weighted by molar-refractivity contribution is 8.03. The van der Waals surface area contributed by atoms with Crippen molar-refractivity contribution in [2.75, 3.05) is 0 Å². The van der Waals surface area contributed by atoms with Gasteiger partial charge in [0.25, 0.3) is 5.69 Å².